The number of rotatable bonds is 0. The van der Waals surface area contributed by atoms with Crippen LogP contribution in [0, 0.1) is 6.08 Å². The number of carbonyl (C=O) groups is 2. The molecule has 1 aliphatic rings. The van der Waals surface area contributed by atoms with Crippen molar-refractivity contribution in [2.24, 2.45) is 0 Å². The summed E-state index contributed by atoms with van der Waals surface area (Å²) in [6, 6.07) is 0. The van der Waals surface area contributed by atoms with E-state index in [1.54, 1.807) is 0 Å². The molecule has 49 valence electrons. The molecule has 0 saturated carbocycles. The van der Waals surface area contributed by atoms with E-state index < -0.39 is 0 Å². The largest absolute Gasteiger partial charge is 0.365 e. The summed E-state index contributed by atoms with van der Waals surface area (Å²) in [6.07, 6.45) is 4.46. The van der Waals surface area contributed by atoms with Crippen LogP contribution >= 0.6 is 12.6 Å². The Hall–Kier alpha value is 0.0401. The van der Waals surface area contributed by atoms with E-state index in [1.165, 1.54) is 0 Å². The third-order valence-electron chi connectivity index (χ3n) is 0.866. The zero-order chi connectivity index (χ0) is 6.85. The van der Waals surface area contributed by atoms with Gasteiger partial charge in [-0.1, -0.05) is 4.91 Å². The maximum absolute atomic E-state index is 10.5. The molecule has 0 fully saturated rings. The minimum absolute atomic E-state index is 0. The monoisotopic (exact) mass is 184 g/mol. The van der Waals surface area contributed by atoms with Gasteiger partial charge in [-0.05, 0) is 0 Å². The smallest absolute Gasteiger partial charge is 0.0775 e. The van der Waals surface area contributed by atoms with Gasteiger partial charge in [-0.3, -0.25) is 0 Å². The molecule has 0 amide bonds. The van der Waals surface area contributed by atoms with Crippen LogP contribution in [0.25, 0.3) is 0 Å². The summed E-state index contributed by atoms with van der Waals surface area (Å²) in [7, 11) is 0. The number of ketones is 2. The molecule has 0 aromatic rings. The Morgan fingerprint density at radius 2 is 2.00 bits per heavy atom. The van der Waals surface area contributed by atoms with Crippen molar-refractivity contribution in [1.82, 2.24) is 0 Å². The SMILES string of the molecule is O=C1[C-]=CC(=O)C(S)=C1.[Sc]. The number of hydrogen-bond acceptors (Lipinski definition) is 3. The van der Waals surface area contributed by atoms with Crippen molar-refractivity contribution in [2.75, 3.05) is 0 Å². The second-order valence-electron chi connectivity index (χ2n) is 1.55. The summed E-state index contributed by atoms with van der Waals surface area (Å²) < 4.78 is 0. The molecule has 0 atom stereocenters. The molecule has 10 heavy (non-hydrogen) atoms. The van der Waals surface area contributed by atoms with Gasteiger partial charge in [-0.2, -0.15) is 12.6 Å². The molecule has 2 nitrogen and oxygen atoms in total. The van der Waals surface area contributed by atoms with Gasteiger partial charge in [0.2, 0.25) is 0 Å². The standard InChI is InChI=1S/C6H3O2S.Sc/c7-4-1-2-5(8)6(9)3-4;/h2-3,9H;/q-1;. The Morgan fingerprint density at radius 1 is 1.40 bits per heavy atom. The van der Waals surface area contributed by atoms with Gasteiger partial charge in [-0.15, -0.1) is 18.2 Å². The second kappa shape index (κ2) is 4.03. The first-order valence-electron chi connectivity index (χ1n) is 2.29. The average Bonchev–Trinajstić information content (AvgIpc) is 1.80. The fraction of sp³-hybridized carbons (Fsp3) is 0. The third kappa shape index (κ3) is 2.34. The fourth-order valence-corrected chi connectivity index (χ4v) is 0.629. The molecule has 0 spiro atoms. The van der Waals surface area contributed by atoms with Crippen LogP contribution in [0.2, 0.25) is 0 Å². The maximum Gasteiger partial charge on any atom is 0.0775 e. The van der Waals surface area contributed by atoms with Crippen LogP contribution in [0.1, 0.15) is 0 Å². The van der Waals surface area contributed by atoms with E-state index in [2.05, 4.69) is 18.7 Å². The summed E-state index contributed by atoms with van der Waals surface area (Å²) in [5.41, 5.74) is 0. The van der Waals surface area contributed by atoms with E-state index >= 15 is 0 Å². The maximum atomic E-state index is 10.5. The van der Waals surface area contributed by atoms with Gasteiger partial charge in [0.15, 0.2) is 0 Å². The summed E-state index contributed by atoms with van der Waals surface area (Å²) in [5.74, 6) is -0.572. The minimum Gasteiger partial charge on any atom is -0.365 e. The van der Waals surface area contributed by atoms with E-state index in [0.29, 0.717) is 0 Å². The molecule has 0 unspecified atom stereocenters. The van der Waals surface area contributed by atoms with E-state index in [-0.39, 0.29) is 42.3 Å². The molecule has 0 saturated heterocycles. The number of allylic oxidation sites excluding steroid dienone is 4. The Kier molecular flexibility index (Phi) is 4.05. The van der Waals surface area contributed by atoms with Crippen molar-refractivity contribution in [1.29, 1.82) is 0 Å². The van der Waals surface area contributed by atoms with E-state index in [4.69, 9.17) is 0 Å². The molecule has 0 aromatic carbocycles. The van der Waals surface area contributed by atoms with Crippen molar-refractivity contribution >= 4 is 24.2 Å². The Balaban J connectivity index is 0.000000810. The zero-order valence-corrected chi connectivity index (χ0v) is 7.69. The molecule has 4 heteroatoms. The van der Waals surface area contributed by atoms with Crippen LogP contribution in [0.3, 0.4) is 0 Å². The Labute approximate surface area is 82.6 Å². The Bertz CT molecular complexity index is 230. The van der Waals surface area contributed by atoms with Crippen molar-refractivity contribution < 1.29 is 35.4 Å². The van der Waals surface area contributed by atoms with Gasteiger partial charge in [0.25, 0.3) is 0 Å². The van der Waals surface area contributed by atoms with E-state index in [1.807, 2.05) is 0 Å². The van der Waals surface area contributed by atoms with Crippen molar-refractivity contribution in [2.45, 2.75) is 0 Å². The van der Waals surface area contributed by atoms with Crippen LogP contribution in [0.4, 0.5) is 0 Å². The molecular formula is C6H3O2SSc-. The van der Waals surface area contributed by atoms with Crippen LogP contribution in [0.5, 0.6) is 0 Å². The van der Waals surface area contributed by atoms with E-state index in [9.17, 15) is 9.59 Å². The van der Waals surface area contributed by atoms with Crippen molar-refractivity contribution in [3.63, 3.8) is 0 Å². The average molecular weight is 184 g/mol. The van der Waals surface area contributed by atoms with Gasteiger partial charge in [-0.25, -0.2) is 0 Å². The van der Waals surface area contributed by atoms with Crippen LogP contribution in [-0.4, -0.2) is 11.6 Å². The van der Waals surface area contributed by atoms with Crippen LogP contribution in [0.15, 0.2) is 17.1 Å². The molecule has 1 rings (SSSR count). The number of thiol groups is 1. The van der Waals surface area contributed by atoms with Gasteiger partial charge in [0, 0.05) is 25.8 Å². The first-order valence-corrected chi connectivity index (χ1v) is 2.73. The molecule has 0 heterocycles. The van der Waals surface area contributed by atoms with E-state index in [0.717, 1.165) is 12.2 Å². The van der Waals surface area contributed by atoms with Crippen LogP contribution in [-0.2, 0) is 35.4 Å². The molecule has 0 aromatic heterocycles. The Morgan fingerprint density at radius 3 is 2.40 bits per heavy atom. The molecule has 0 N–H and O–H groups in total. The summed E-state index contributed by atoms with van der Waals surface area (Å²) in [6.45, 7) is 0. The van der Waals surface area contributed by atoms with Gasteiger partial charge < -0.3 is 9.59 Å². The van der Waals surface area contributed by atoms with Gasteiger partial charge in [0.1, 0.15) is 0 Å². The first kappa shape index (κ1) is 10.0. The second-order valence-corrected chi connectivity index (χ2v) is 2.03. The molecule has 1 aliphatic carbocycles. The topological polar surface area (TPSA) is 34.1 Å². The summed E-state index contributed by atoms with van der Waals surface area (Å²) in [4.78, 5) is 21.1. The quantitative estimate of drug-likeness (QED) is 0.334. The molecule has 1 radical (unpaired) electrons. The normalized spacial score (nSPS) is 16.3. The predicted octanol–water partition coefficient (Wildman–Crippen LogP) is 0.309. The zero-order valence-electron chi connectivity index (χ0n) is 5.00. The summed E-state index contributed by atoms with van der Waals surface area (Å²) >= 11 is 3.74. The van der Waals surface area contributed by atoms with Crippen LogP contribution < -0.4 is 0 Å². The van der Waals surface area contributed by atoms with Gasteiger partial charge >= 0.3 is 0 Å². The predicted molar refractivity (Wildman–Crippen MR) is 34.9 cm³/mol. The molecule has 0 aliphatic heterocycles. The fourth-order valence-electron chi connectivity index (χ4n) is 0.448. The van der Waals surface area contributed by atoms with Crippen molar-refractivity contribution in [3.8, 4) is 0 Å². The molecule has 0 bridgehead atoms. The third-order valence-corrected chi connectivity index (χ3v) is 1.22. The van der Waals surface area contributed by atoms with Crippen molar-refractivity contribution in [3.05, 3.63) is 23.1 Å². The molecular weight excluding hydrogens is 181 g/mol. The van der Waals surface area contributed by atoms with Gasteiger partial charge in [0.05, 0.1) is 11.6 Å². The number of carbonyl (C=O) groups excluding carboxylic acids is 2. The number of hydrogen-bond donors (Lipinski definition) is 1. The summed E-state index contributed by atoms with van der Waals surface area (Å²) in [5, 5.41) is 0. The first-order chi connectivity index (χ1) is 4.20. The minimum atomic E-state index is -0.306.